The van der Waals surface area contributed by atoms with Gasteiger partial charge in [0.05, 0.1) is 19.1 Å². The minimum absolute atomic E-state index is 0.320. The van der Waals surface area contributed by atoms with Crippen molar-refractivity contribution in [3.05, 3.63) is 30.1 Å². The fourth-order valence-corrected chi connectivity index (χ4v) is 2.68. The highest BCUT2D eigenvalue weighted by molar-refractivity contribution is 5.77. The van der Waals surface area contributed by atoms with Gasteiger partial charge < -0.3 is 14.4 Å². The first-order valence-electron chi connectivity index (χ1n) is 7.31. The van der Waals surface area contributed by atoms with E-state index in [-0.39, 0.29) is 5.97 Å². The maximum atomic E-state index is 12.4. The molecule has 1 aromatic heterocycles. The Kier molecular flexibility index (Phi) is 4.68. The monoisotopic (exact) mass is 306 g/mol. The maximum Gasteiger partial charge on any atom is 0.410 e. The van der Waals surface area contributed by atoms with Gasteiger partial charge in [-0.1, -0.05) is 6.07 Å². The fraction of sp³-hybridized carbons (Fsp3) is 0.562. The van der Waals surface area contributed by atoms with E-state index in [1.807, 2.05) is 26.8 Å². The van der Waals surface area contributed by atoms with Crippen LogP contribution in [0.3, 0.4) is 0 Å². The second-order valence-corrected chi connectivity index (χ2v) is 6.32. The number of esters is 1. The van der Waals surface area contributed by atoms with Crippen molar-refractivity contribution in [3.63, 3.8) is 0 Å². The SMILES string of the molecule is COC(=O)[C@@H]1CCN(C(=O)OC(C)(C)C)[C@@H]1c1cccnc1. The number of hydrogen-bond donors (Lipinski definition) is 0. The molecule has 6 nitrogen and oxygen atoms in total. The number of aromatic nitrogens is 1. The van der Waals surface area contributed by atoms with E-state index in [0.717, 1.165) is 5.56 Å². The first-order valence-corrected chi connectivity index (χ1v) is 7.31. The van der Waals surface area contributed by atoms with E-state index in [1.54, 1.807) is 23.4 Å². The van der Waals surface area contributed by atoms with E-state index < -0.39 is 23.7 Å². The quantitative estimate of drug-likeness (QED) is 0.785. The van der Waals surface area contributed by atoms with Crippen molar-refractivity contribution in [3.8, 4) is 0 Å². The summed E-state index contributed by atoms with van der Waals surface area (Å²) in [6.45, 7) is 5.90. The Balaban J connectivity index is 2.29. The highest BCUT2D eigenvalue weighted by atomic mass is 16.6. The standard InChI is InChI=1S/C16H22N2O4/c1-16(2,3)22-15(20)18-9-7-12(14(19)21-4)13(18)11-6-5-8-17-10-11/h5-6,8,10,12-13H,7,9H2,1-4H3/t12-,13-/m1/s1. The Labute approximate surface area is 130 Å². The van der Waals surface area contributed by atoms with Crippen molar-refractivity contribution in [2.45, 2.75) is 38.8 Å². The van der Waals surface area contributed by atoms with Gasteiger partial charge in [0.1, 0.15) is 5.60 Å². The summed E-state index contributed by atoms with van der Waals surface area (Å²) in [6.07, 6.45) is 3.45. The van der Waals surface area contributed by atoms with Crippen LogP contribution in [-0.4, -0.2) is 41.2 Å². The lowest BCUT2D eigenvalue weighted by molar-refractivity contribution is -0.146. The number of likely N-dealkylation sites (tertiary alicyclic amines) is 1. The van der Waals surface area contributed by atoms with Gasteiger partial charge in [-0.25, -0.2) is 4.79 Å². The molecule has 2 heterocycles. The molecule has 22 heavy (non-hydrogen) atoms. The number of pyridine rings is 1. The lowest BCUT2D eigenvalue weighted by Crippen LogP contribution is -2.38. The molecule has 1 saturated heterocycles. The van der Waals surface area contributed by atoms with Crippen molar-refractivity contribution < 1.29 is 19.1 Å². The summed E-state index contributed by atoms with van der Waals surface area (Å²) in [5.74, 6) is -0.721. The maximum absolute atomic E-state index is 12.4. The molecule has 1 aliphatic rings. The van der Waals surface area contributed by atoms with Crippen LogP contribution in [0.4, 0.5) is 4.79 Å². The third-order valence-corrected chi connectivity index (χ3v) is 3.56. The summed E-state index contributed by atoms with van der Waals surface area (Å²) >= 11 is 0. The zero-order valence-electron chi connectivity index (χ0n) is 13.4. The Morgan fingerprint density at radius 1 is 1.36 bits per heavy atom. The topological polar surface area (TPSA) is 68.7 Å². The van der Waals surface area contributed by atoms with Crippen LogP contribution >= 0.6 is 0 Å². The number of carbonyl (C=O) groups excluding carboxylic acids is 2. The van der Waals surface area contributed by atoms with Crippen molar-refractivity contribution >= 4 is 12.1 Å². The van der Waals surface area contributed by atoms with Crippen LogP contribution in [0.15, 0.2) is 24.5 Å². The molecular formula is C16H22N2O4. The number of rotatable bonds is 2. The fourth-order valence-electron chi connectivity index (χ4n) is 2.68. The number of methoxy groups -OCH3 is 1. The highest BCUT2D eigenvalue weighted by Gasteiger charge is 2.44. The number of nitrogens with zero attached hydrogens (tertiary/aromatic N) is 2. The molecule has 6 heteroatoms. The van der Waals surface area contributed by atoms with Gasteiger partial charge in [-0.2, -0.15) is 0 Å². The molecule has 1 fully saturated rings. The van der Waals surface area contributed by atoms with E-state index in [9.17, 15) is 9.59 Å². The minimum Gasteiger partial charge on any atom is -0.469 e. The first kappa shape index (κ1) is 16.3. The molecule has 1 aliphatic heterocycles. The lowest BCUT2D eigenvalue weighted by Gasteiger charge is -2.30. The molecule has 0 unspecified atom stereocenters. The summed E-state index contributed by atoms with van der Waals surface area (Å²) in [7, 11) is 1.36. The van der Waals surface area contributed by atoms with Crippen LogP contribution < -0.4 is 0 Å². The molecule has 0 N–H and O–H groups in total. The van der Waals surface area contributed by atoms with Crippen LogP contribution in [0.1, 0.15) is 38.8 Å². The number of ether oxygens (including phenoxy) is 2. The summed E-state index contributed by atoms with van der Waals surface area (Å²) in [5.41, 5.74) is 0.223. The molecule has 2 atom stereocenters. The summed E-state index contributed by atoms with van der Waals surface area (Å²) in [6, 6.07) is 3.24. The van der Waals surface area contributed by atoms with Crippen molar-refractivity contribution in [1.29, 1.82) is 0 Å². The molecule has 0 radical (unpaired) electrons. The van der Waals surface area contributed by atoms with E-state index in [4.69, 9.17) is 9.47 Å². The van der Waals surface area contributed by atoms with E-state index >= 15 is 0 Å². The third-order valence-electron chi connectivity index (χ3n) is 3.56. The molecule has 0 saturated carbocycles. The second kappa shape index (κ2) is 6.34. The molecule has 0 aliphatic carbocycles. The first-order chi connectivity index (χ1) is 10.3. The molecule has 2 rings (SSSR count). The van der Waals surface area contributed by atoms with E-state index in [2.05, 4.69) is 4.98 Å². The Bertz CT molecular complexity index is 539. The molecule has 1 amide bonds. The summed E-state index contributed by atoms with van der Waals surface area (Å²) in [5, 5.41) is 0. The predicted octanol–water partition coefficient (Wildman–Crippen LogP) is 2.55. The van der Waals surface area contributed by atoms with Gasteiger partial charge in [-0.15, -0.1) is 0 Å². The lowest BCUT2D eigenvalue weighted by atomic mass is 9.95. The van der Waals surface area contributed by atoms with Gasteiger partial charge in [-0.3, -0.25) is 9.78 Å². The molecular weight excluding hydrogens is 284 g/mol. The van der Waals surface area contributed by atoms with Crippen LogP contribution in [-0.2, 0) is 14.3 Å². The molecule has 1 aromatic rings. The van der Waals surface area contributed by atoms with Crippen molar-refractivity contribution in [2.24, 2.45) is 5.92 Å². The van der Waals surface area contributed by atoms with Gasteiger partial charge in [-0.05, 0) is 38.8 Å². The van der Waals surface area contributed by atoms with Crippen molar-refractivity contribution in [2.75, 3.05) is 13.7 Å². The number of amides is 1. The average Bonchev–Trinajstić information content (AvgIpc) is 2.90. The summed E-state index contributed by atoms with van der Waals surface area (Å²) < 4.78 is 10.3. The van der Waals surface area contributed by atoms with Crippen LogP contribution in [0.5, 0.6) is 0 Å². The van der Waals surface area contributed by atoms with Crippen LogP contribution in [0.25, 0.3) is 0 Å². The van der Waals surface area contributed by atoms with Gasteiger partial charge in [0.2, 0.25) is 0 Å². The largest absolute Gasteiger partial charge is 0.469 e. The Hall–Kier alpha value is -2.11. The normalized spacial score (nSPS) is 21.5. The van der Waals surface area contributed by atoms with Crippen LogP contribution in [0, 0.1) is 5.92 Å². The zero-order valence-corrected chi connectivity index (χ0v) is 13.4. The summed E-state index contributed by atoms with van der Waals surface area (Å²) in [4.78, 5) is 30.1. The van der Waals surface area contributed by atoms with Gasteiger partial charge in [0.25, 0.3) is 0 Å². The molecule has 120 valence electrons. The zero-order chi connectivity index (χ0) is 16.3. The molecule has 0 aromatic carbocycles. The van der Waals surface area contributed by atoms with Gasteiger partial charge in [0.15, 0.2) is 0 Å². The Morgan fingerprint density at radius 2 is 2.09 bits per heavy atom. The highest BCUT2D eigenvalue weighted by Crippen LogP contribution is 2.38. The number of hydrogen-bond acceptors (Lipinski definition) is 5. The minimum atomic E-state index is -0.583. The van der Waals surface area contributed by atoms with E-state index in [0.29, 0.717) is 13.0 Å². The van der Waals surface area contributed by atoms with Gasteiger partial charge in [0, 0.05) is 18.9 Å². The smallest absolute Gasteiger partial charge is 0.410 e. The Morgan fingerprint density at radius 3 is 2.64 bits per heavy atom. The third kappa shape index (κ3) is 3.55. The van der Waals surface area contributed by atoms with Gasteiger partial charge >= 0.3 is 12.1 Å². The van der Waals surface area contributed by atoms with Crippen LogP contribution in [0.2, 0.25) is 0 Å². The predicted molar refractivity (Wildman–Crippen MR) is 80.0 cm³/mol. The average molecular weight is 306 g/mol. The van der Waals surface area contributed by atoms with Crippen molar-refractivity contribution in [1.82, 2.24) is 9.88 Å². The second-order valence-electron chi connectivity index (χ2n) is 6.32. The molecule has 0 spiro atoms. The number of carbonyl (C=O) groups is 2. The molecule has 0 bridgehead atoms. The van der Waals surface area contributed by atoms with E-state index in [1.165, 1.54) is 7.11 Å².